The fourth-order valence-corrected chi connectivity index (χ4v) is 4.76. The zero-order valence-electron chi connectivity index (χ0n) is 17.9. The minimum atomic E-state index is -0.450. The predicted octanol–water partition coefficient (Wildman–Crippen LogP) is 2.51. The summed E-state index contributed by atoms with van der Waals surface area (Å²) in [5, 5.41) is 0.298. The molecule has 0 N–H and O–H groups in total. The molecule has 1 fully saturated rings. The molecular weight excluding hydrogens is 384 g/mol. The van der Waals surface area contributed by atoms with E-state index in [4.69, 9.17) is 12.2 Å². The van der Waals surface area contributed by atoms with Crippen LogP contribution in [-0.4, -0.2) is 76.6 Å². The summed E-state index contributed by atoms with van der Waals surface area (Å²) in [4.78, 5) is 36.3. The number of hydrogen-bond acceptors (Lipinski definition) is 4. The van der Waals surface area contributed by atoms with Crippen LogP contribution < -0.4 is 0 Å². The van der Waals surface area contributed by atoms with Gasteiger partial charge in [-0.15, -0.1) is 0 Å². The van der Waals surface area contributed by atoms with Crippen molar-refractivity contribution in [3.05, 3.63) is 23.8 Å². The van der Waals surface area contributed by atoms with E-state index in [1.165, 1.54) is 0 Å². The van der Waals surface area contributed by atoms with Gasteiger partial charge in [0.15, 0.2) is 0 Å². The Kier molecular flexibility index (Phi) is 7.01. The van der Waals surface area contributed by atoms with Gasteiger partial charge >= 0.3 is 0 Å². The zero-order valence-corrected chi connectivity index (χ0v) is 18.7. The van der Waals surface area contributed by atoms with Crippen LogP contribution in [0.5, 0.6) is 0 Å². The first kappa shape index (κ1) is 21.8. The van der Waals surface area contributed by atoms with Gasteiger partial charge in [0.2, 0.25) is 11.0 Å². The number of aliphatic imine (C=N–C) groups is 1. The quantitative estimate of drug-likeness (QED) is 0.625. The average Bonchev–Trinajstić information content (AvgIpc) is 2.69. The Labute approximate surface area is 179 Å². The number of thiocarbonyl (C=S) groups is 1. The van der Waals surface area contributed by atoms with Gasteiger partial charge < -0.3 is 9.80 Å². The number of allylic oxidation sites excluding steroid dienone is 1. The van der Waals surface area contributed by atoms with Gasteiger partial charge in [-0.25, -0.2) is 4.99 Å². The van der Waals surface area contributed by atoms with Gasteiger partial charge in [-0.2, -0.15) is 0 Å². The first-order valence-electron chi connectivity index (χ1n) is 10.7. The monoisotopic (exact) mass is 416 g/mol. The molecule has 3 aliphatic rings. The molecule has 3 atom stereocenters. The number of fused-ring (bicyclic) bond motifs is 1. The van der Waals surface area contributed by atoms with Crippen molar-refractivity contribution in [2.75, 3.05) is 39.3 Å². The Balaban J connectivity index is 1.73. The van der Waals surface area contributed by atoms with Gasteiger partial charge in [0, 0.05) is 31.8 Å². The predicted molar refractivity (Wildman–Crippen MR) is 120 cm³/mol. The van der Waals surface area contributed by atoms with Gasteiger partial charge in [0.05, 0.1) is 11.6 Å². The summed E-state index contributed by atoms with van der Waals surface area (Å²) in [6.45, 7) is 13.3. The lowest BCUT2D eigenvalue weighted by atomic mass is 9.89. The van der Waals surface area contributed by atoms with E-state index in [0.29, 0.717) is 34.8 Å². The van der Waals surface area contributed by atoms with E-state index in [1.54, 1.807) is 23.1 Å². The number of carbonyl (C=O) groups excluding carboxylic acids is 2. The summed E-state index contributed by atoms with van der Waals surface area (Å²) in [6.07, 6.45) is 6.49. The topological polar surface area (TPSA) is 56.2 Å². The van der Waals surface area contributed by atoms with Crippen LogP contribution in [0.1, 0.15) is 34.1 Å². The summed E-state index contributed by atoms with van der Waals surface area (Å²) < 4.78 is 0. The highest BCUT2D eigenvalue weighted by atomic mass is 32.1. The number of likely N-dealkylation sites (N-methyl/N-ethyl adjacent to an activating group) is 1. The normalized spacial score (nSPS) is 27.1. The number of carbonyl (C=O) groups is 2. The molecule has 3 rings (SSSR count). The minimum absolute atomic E-state index is 0.0168. The van der Waals surface area contributed by atoms with Crippen LogP contribution in [0.15, 0.2) is 28.8 Å². The third kappa shape index (κ3) is 4.83. The van der Waals surface area contributed by atoms with Crippen molar-refractivity contribution in [3.63, 3.8) is 0 Å². The molecule has 0 bridgehead atoms. The number of amides is 2. The first-order valence-corrected chi connectivity index (χ1v) is 11.1. The van der Waals surface area contributed by atoms with Gasteiger partial charge in [-0.1, -0.05) is 39.8 Å². The fourth-order valence-electron chi connectivity index (χ4n) is 4.47. The van der Waals surface area contributed by atoms with Crippen molar-refractivity contribution in [3.8, 4) is 0 Å². The summed E-state index contributed by atoms with van der Waals surface area (Å²) in [5.74, 6) is 0.525. The zero-order chi connectivity index (χ0) is 21.1. The largest absolute Gasteiger partial charge is 0.338 e. The van der Waals surface area contributed by atoms with Crippen LogP contribution in [-0.2, 0) is 9.59 Å². The number of nitrogens with zero attached hydrogens (tertiary/aromatic N) is 4. The fraction of sp³-hybridized carbons (Fsp3) is 0.636. The van der Waals surface area contributed by atoms with Gasteiger partial charge in [-0.05, 0) is 49.6 Å². The van der Waals surface area contributed by atoms with Crippen molar-refractivity contribution in [1.82, 2.24) is 14.7 Å². The van der Waals surface area contributed by atoms with Crippen molar-refractivity contribution >= 4 is 34.9 Å². The Hall–Kier alpha value is -1.86. The third-order valence-electron chi connectivity index (χ3n) is 6.02. The molecule has 1 aliphatic carbocycles. The highest BCUT2D eigenvalue weighted by molar-refractivity contribution is 7.80. The van der Waals surface area contributed by atoms with E-state index in [2.05, 4.69) is 37.6 Å². The SMILES string of the molecule is CCN(CC)CCN1C(=O)C2C=CC(C(=O)N3CC(C)CC(C)C3)=CC2=NC1=S. The van der Waals surface area contributed by atoms with E-state index in [-0.39, 0.29) is 11.8 Å². The lowest BCUT2D eigenvalue weighted by Crippen LogP contribution is -2.49. The number of hydrogen-bond donors (Lipinski definition) is 0. The number of piperidine rings is 1. The smallest absolute Gasteiger partial charge is 0.253 e. The van der Waals surface area contributed by atoms with Gasteiger partial charge in [0.1, 0.15) is 0 Å². The highest BCUT2D eigenvalue weighted by Crippen LogP contribution is 2.26. The standard InChI is InChI=1S/C22H32N4O2S/c1-5-24(6-2)9-10-26-21(28)18-8-7-17(12-19(18)23-22(26)29)20(27)25-13-15(3)11-16(4)14-25/h7-8,12,15-16,18H,5-6,9-11,13-14H2,1-4H3. The van der Waals surface area contributed by atoms with E-state index >= 15 is 0 Å². The van der Waals surface area contributed by atoms with Crippen LogP contribution in [0.25, 0.3) is 0 Å². The minimum Gasteiger partial charge on any atom is -0.338 e. The molecule has 2 aliphatic heterocycles. The van der Waals surface area contributed by atoms with E-state index in [1.807, 2.05) is 4.90 Å². The van der Waals surface area contributed by atoms with Crippen LogP contribution in [0, 0.1) is 17.8 Å². The molecule has 0 aromatic carbocycles. The van der Waals surface area contributed by atoms with E-state index < -0.39 is 5.92 Å². The van der Waals surface area contributed by atoms with Crippen LogP contribution >= 0.6 is 12.2 Å². The van der Waals surface area contributed by atoms with Crippen LogP contribution in [0.3, 0.4) is 0 Å². The second-order valence-electron chi connectivity index (χ2n) is 8.43. The lowest BCUT2D eigenvalue weighted by Gasteiger charge is -2.36. The maximum Gasteiger partial charge on any atom is 0.253 e. The molecule has 0 aromatic rings. The van der Waals surface area contributed by atoms with Crippen molar-refractivity contribution in [2.24, 2.45) is 22.7 Å². The Morgan fingerprint density at radius 2 is 1.90 bits per heavy atom. The van der Waals surface area contributed by atoms with Crippen molar-refractivity contribution < 1.29 is 9.59 Å². The molecule has 0 spiro atoms. The summed E-state index contributed by atoms with van der Waals surface area (Å²) in [7, 11) is 0. The van der Waals surface area contributed by atoms with Crippen molar-refractivity contribution in [1.29, 1.82) is 0 Å². The lowest BCUT2D eigenvalue weighted by molar-refractivity contribution is -0.130. The molecule has 0 saturated carbocycles. The maximum absolute atomic E-state index is 13.0. The van der Waals surface area contributed by atoms with E-state index in [0.717, 1.165) is 39.1 Å². The Morgan fingerprint density at radius 3 is 2.52 bits per heavy atom. The average molecular weight is 417 g/mol. The van der Waals surface area contributed by atoms with Gasteiger partial charge in [0.25, 0.3) is 5.91 Å². The Morgan fingerprint density at radius 1 is 1.24 bits per heavy atom. The Bertz CT molecular complexity index is 759. The summed E-state index contributed by atoms with van der Waals surface area (Å²) in [5.41, 5.74) is 1.18. The third-order valence-corrected chi connectivity index (χ3v) is 6.33. The highest BCUT2D eigenvalue weighted by Gasteiger charge is 2.36. The number of likely N-dealkylation sites (tertiary alicyclic amines) is 1. The first-order chi connectivity index (χ1) is 13.8. The van der Waals surface area contributed by atoms with E-state index in [9.17, 15) is 9.59 Å². The molecule has 1 saturated heterocycles. The van der Waals surface area contributed by atoms with Crippen molar-refractivity contribution in [2.45, 2.75) is 34.1 Å². The molecule has 6 nitrogen and oxygen atoms in total. The maximum atomic E-state index is 13.0. The second-order valence-corrected chi connectivity index (χ2v) is 8.79. The molecule has 2 amide bonds. The summed E-state index contributed by atoms with van der Waals surface area (Å²) in [6, 6.07) is 0. The molecule has 7 heteroatoms. The second kappa shape index (κ2) is 9.30. The summed E-state index contributed by atoms with van der Waals surface area (Å²) >= 11 is 5.41. The van der Waals surface area contributed by atoms with Crippen LogP contribution in [0.2, 0.25) is 0 Å². The van der Waals surface area contributed by atoms with Crippen LogP contribution in [0.4, 0.5) is 0 Å². The molecule has 2 heterocycles. The molecule has 158 valence electrons. The molecule has 0 aromatic heterocycles. The van der Waals surface area contributed by atoms with Gasteiger partial charge in [-0.3, -0.25) is 14.5 Å². The molecular formula is C22H32N4O2S. The molecule has 0 radical (unpaired) electrons. The molecule has 29 heavy (non-hydrogen) atoms. The molecule has 3 unspecified atom stereocenters. The number of rotatable bonds is 6.